The average Bonchev–Trinajstić information content (AvgIpc) is 1.87. The number of carbonyl (C=O) groups is 2. The Hall–Kier alpha value is 0.860. The second-order valence-corrected chi connectivity index (χ2v) is 1.57. The van der Waals surface area contributed by atoms with Crippen molar-refractivity contribution in [3.05, 3.63) is 0 Å². The number of hydrogen-bond acceptors (Lipinski definition) is 6. The van der Waals surface area contributed by atoms with Crippen LogP contribution in [0.2, 0.25) is 0 Å². The molecule has 0 spiro atoms. The van der Waals surface area contributed by atoms with Gasteiger partial charge in [-0.2, -0.15) is 0 Å². The summed E-state index contributed by atoms with van der Waals surface area (Å²) in [5.41, 5.74) is 0. The van der Waals surface area contributed by atoms with Crippen LogP contribution in [0.15, 0.2) is 0 Å². The van der Waals surface area contributed by atoms with Crippen molar-refractivity contribution in [3.63, 3.8) is 0 Å². The van der Waals surface area contributed by atoms with Crippen LogP contribution in [-0.2, 0) is 19.1 Å². The summed E-state index contributed by atoms with van der Waals surface area (Å²) < 4.78 is 8.35. The van der Waals surface area contributed by atoms with Gasteiger partial charge >= 0.3 is 59.1 Å². The van der Waals surface area contributed by atoms with Gasteiger partial charge in [0.1, 0.15) is 0 Å². The molecule has 0 aliphatic carbocycles. The van der Waals surface area contributed by atoms with Gasteiger partial charge in [0.05, 0.1) is 18.5 Å². The summed E-state index contributed by atoms with van der Waals surface area (Å²) >= 11 is 0. The maximum atomic E-state index is 9.97. The Morgan fingerprint density at radius 1 is 1.31 bits per heavy atom. The predicted molar refractivity (Wildman–Crippen MR) is 26.8 cm³/mol. The molecule has 64 valence electrons. The molecule has 0 saturated heterocycles. The van der Waals surface area contributed by atoms with Gasteiger partial charge in [0.15, 0.2) is 6.29 Å². The normalized spacial score (nSPS) is 10.5. The number of carboxylic acids is 2. The standard InChI is InChI=1S/C5H8O6.2Na/c1-10-5(4(8)9)11-2-3(6)7;;/h5H,2H2,1H3,(H,6,7)(H,8,9);;/q;2*+1/p-2. The maximum Gasteiger partial charge on any atom is 1.00 e. The maximum absolute atomic E-state index is 9.97. The van der Waals surface area contributed by atoms with Gasteiger partial charge in [0.2, 0.25) is 0 Å². The first-order valence-electron chi connectivity index (χ1n) is 2.63. The Kier molecular flexibility index (Phi) is 16.4. The summed E-state index contributed by atoms with van der Waals surface area (Å²) in [4.78, 5) is 19.7. The fourth-order valence-corrected chi connectivity index (χ4v) is 0.376. The quantitative estimate of drug-likeness (QED) is 0.328. The van der Waals surface area contributed by atoms with Crippen LogP contribution in [0, 0.1) is 0 Å². The zero-order chi connectivity index (χ0) is 8.85. The summed E-state index contributed by atoms with van der Waals surface area (Å²) in [6.45, 7) is -0.841. The molecule has 0 aromatic carbocycles. The fraction of sp³-hybridized carbons (Fsp3) is 0.600. The largest absolute Gasteiger partial charge is 1.00 e. The minimum absolute atomic E-state index is 0. The van der Waals surface area contributed by atoms with E-state index in [9.17, 15) is 19.8 Å². The van der Waals surface area contributed by atoms with Gasteiger partial charge in [-0.15, -0.1) is 0 Å². The van der Waals surface area contributed by atoms with Crippen LogP contribution in [0.1, 0.15) is 0 Å². The monoisotopic (exact) mass is 208 g/mol. The zero-order valence-electron chi connectivity index (χ0n) is 7.73. The molecule has 1 unspecified atom stereocenters. The molecule has 0 aliphatic rings. The van der Waals surface area contributed by atoms with E-state index in [2.05, 4.69) is 9.47 Å². The van der Waals surface area contributed by atoms with Crippen molar-refractivity contribution >= 4 is 11.9 Å². The van der Waals surface area contributed by atoms with Crippen molar-refractivity contribution in [1.29, 1.82) is 0 Å². The van der Waals surface area contributed by atoms with Crippen LogP contribution in [-0.4, -0.2) is 31.9 Å². The van der Waals surface area contributed by atoms with Crippen LogP contribution in [0.5, 0.6) is 0 Å². The van der Waals surface area contributed by atoms with E-state index in [-0.39, 0.29) is 59.1 Å². The van der Waals surface area contributed by atoms with E-state index in [4.69, 9.17) is 0 Å². The Morgan fingerprint density at radius 3 is 2.00 bits per heavy atom. The minimum atomic E-state index is -1.66. The Morgan fingerprint density at radius 2 is 1.77 bits per heavy atom. The number of carbonyl (C=O) groups excluding carboxylic acids is 2. The van der Waals surface area contributed by atoms with Gasteiger partial charge in [0.25, 0.3) is 0 Å². The predicted octanol–water partition coefficient (Wildman–Crippen LogP) is -9.52. The number of rotatable bonds is 5. The number of ether oxygens (including phenoxy) is 2. The Labute approximate surface area is 119 Å². The Bertz CT molecular complexity index is 161. The van der Waals surface area contributed by atoms with Gasteiger partial charge < -0.3 is 29.3 Å². The van der Waals surface area contributed by atoms with E-state index in [0.29, 0.717) is 0 Å². The van der Waals surface area contributed by atoms with E-state index in [1.165, 1.54) is 0 Å². The van der Waals surface area contributed by atoms with Crippen LogP contribution in [0.3, 0.4) is 0 Å². The number of carboxylic acid groups (broad SMARTS) is 2. The van der Waals surface area contributed by atoms with Crippen LogP contribution < -0.4 is 69.3 Å². The molecule has 0 heterocycles. The van der Waals surface area contributed by atoms with E-state index in [0.717, 1.165) is 7.11 Å². The average molecular weight is 208 g/mol. The molecule has 0 aliphatic heterocycles. The van der Waals surface area contributed by atoms with E-state index in [1.807, 2.05) is 0 Å². The summed E-state index contributed by atoms with van der Waals surface area (Å²) in [6, 6.07) is 0. The molecular weight excluding hydrogens is 202 g/mol. The smallest absolute Gasteiger partial charge is 0.548 e. The van der Waals surface area contributed by atoms with Crippen LogP contribution >= 0.6 is 0 Å². The van der Waals surface area contributed by atoms with E-state index >= 15 is 0 Å². The first kappa shape index (κ1) is 19.4. The van der Waals surface area contributed by atoms with Gasteiger partial charge in [0, 0.05) is 7.11 Å². The van der Waals surface area contributed by atoms with Crippen LogP contribution in [0.4, 0.5) is 0 Å². The molecule has 0 aromatic rings. The van der Waals surface area contributed by atoms with Crippen LogP contribution in [0.25, 0.3) is 0 Å². The molecule has 8 heteroatoms. The summed E-state index contributed by atoms with van der Waals surface area (Å²) in [7, 11) is 1.05. The fourth-order valence-electron chi connectivity index (χ4n) is 0.376. The third-order valence-corrected chi connectivity index (χ3v) is 0.759. The summed E-state index contributed by atoms with van der Waals surface area (Å²) in [5.74, 6) is -3.15. The third-order valence-electron chi connectivity index (χ3n) is 0.759. The molecule has 1 atom stereocenters. The zero-order valence-corrected chi connectivity index (χ0v) is 11.7. The molecule has 13 heavy (non-hydrogen) atoms. The molecular formula is C5H6Na2O6. The van der Waals surface area contributed by atoms with Crippen molar-refractivity contribution in [2.75, 3.05) is 13.7 Å². The second kappa shape index (κ2) is 10.9. The van der Waals surface area contributed by atoms with Gasteiger partial charge in [-0.3, -0.25) is 0 Å². The van der Waals surface area contributed by atoms with Gasteiger partial charge in [-0.05, 0) is 0 Å². The van der Waals surface area contributed by atoms with Gasteiger partial charge in [-0.25, -0.2) is 0 Å². The molecule has 0 fully saturated rings. The number of aliphatic carboxylic acids is 2. The summed E-state index contributed by atoms with van der Waals surface area (Å²) in [6.07, 6.45) is -1.66. The molecule has 0 amide bonds. The third kappa shape index (κ3) is 10.8. The van der Waals surface area contributed by atoms with Crippen molar-refractivity contribution in [2.24, 2.45) is 0 Å². The summed E-state index contributed by atoms with van der Waals surface area (Å²) in [5, 5.41) is 19.7. The van der Waals surface area contributed by atoms with Crippen molar-refractivity contribution < 1.29 is 88.4 Å². The SMILES string of the molecule is COC(OCC(=O)[O-])C(=O)[O-].[Na+].[Na+]. The van der Waals surface area contributed by atoms with Gasteiger partial charge in [-0.1, -0.05) is 0 Å². The number of methoxy groups -OCH3 is 1. The first-order valence-corrected chi connectivity index (χ1v) is 2.63. The van der Waals surface area contributed by atoms with Crippen molar-refractivity contribution in [2.45, 2.75) is 6.29 Å². The van der Waals surface area contributed by atoms with Crippen molar-refractivity contribution in [3.8, 4) is 0 Å². The topological polar surface area (TPSA) is 98.7 Å². The van der Waals surface area contributed by atoms with E-state index < -0.39 is 24.8 Å². The second-order valence-electron chi connectivity index (χ2n) is 1.57. The Balaban J connectivity index is -0.000000500. The molecule has 6 nitrogen and oxygen atoms in total. The molecule has 0 N–H and O–H groups in total. The molecule has 0 saturated carbocycles. The molecule has 0 bridgehead atoms. The number of hydrogen-bond donors (Lipinski definition) is 0. The molecule has 0 aromatic heterocycles. The molecule has 0 rings (SSSR count). The molecule has 0 radical (unpaired) electrons. The first-order chi connectivity index (χ1) is 5.07. The van der Waals surface area contributed by atoms with Crippen molar-refractivity contribution in [1.82, 2.24) is 0 Å². The van der Waals surface area contributed by atoms with E-state index in [1.54, 1.807) is 0 Å². The minimum Gasteiger partial charge on any atom is -0.548 e.